The lowest BCUT2D eigenvalue weighted by Crippen LogP contribution is -2.56. The monoisotopic (exact) mass is 240 g/mol. The SMILES string of the molecule is CC1NCCN(C)C1Cc1ccc(F)cc1F. The summed E-state index contributed by atoms with van der Waals surface area (Å²) in [5.74, 6) is -0.967. The molecule has 2 atom stereocenters. The molecule has 1 aliphatic rings. The van der Waals surface area contributed by atoms with E-state index in [1.807, 2.05) is 7.05 Å². The zero-order valence-corrected chi connectivity index (χ0v) is 10.2. The molecular formula is C13H18F2N2. The van der Waals surface area contributed by atoms with Gasteiger partial charge in [0.25, 0.3) is 0 Å². The minimum atomic E-state index is -0.519. The van der Waals surface area contributed by atoms with Crippen LogP contribution in [0, 0.1) is 11.6 Å². The Labute approximate surface area is 101 Å². The van der Waals surface area contributed by atoms with Crippen LogP contribution in [0.2, 0.25) is 0 Å². The largest absolute Gasteiger partial charge is 0.311 e. The van der Waals surface area contributed by atoms with Crippen LogP contribution in [-0.2, 0) is 6.42 Å². The molecule has 2 unspecified atom stereocenters. The van der Waals surface area contributed by atoms with E-state index >= 15 is 0 Å². The van der Waals surface area contributed by atoms with Crippen LogP contribution in [0.5, 0.6) is 0 Å². The van der Waals surface area contributed by atoms with Gasteiger partial charge in [-0.1, -0.05) is 6.07 Å². The molecule has 0 amide bonds. The molecule has 1 N–H and O–H groups in total. The van der Waals surface area contributed by atoms with E-state index < -0.39 is 11.6 Å². The molecule has 0 aliphatic carbocycles. The Morgan fingerprint density at radius 1 is 1.41 bits per heavy atom. The van der Waals surface area contributed by atoms with Crippen LogP contribution in [0.4, 0.5) is 8.78 Å². The Hall–Kier alpha value is -1.00. The number of rotatable bonds is 2. The molecule has 17 heavy (non-hydrogen) atoms. The highest BCUT2D eigenvalue weighted by molar-refractivity contribution is 5.20. The molecule has 1 aliphatic heterocycles. The van der Waals surface area contributed by atoms with Gasteiger partial charge in [-0.25, -0.2) is 8.78 Å². The van der Waals surface area contributed by atoms with E-state index in [0.29, 0.717) is 18.0 Å². The van der Waals surface area contributed by atoms with E-state index in [4.69, 9.17) is 0 Å². The van der Waals surface area contributed by atoms with Gasteiger partial charge in [0.05, 0.1) is 0 Å². The summed E-state index contributed by atoms with van der Waals surface area (Å²) in [6, 6.07) is 4.39. The summed E-state index contributed by atoms with van der Waals surface area (Å²) < 4.78 is 26.4. The van der Waals surface area contributed by atoms with Crippen molar-refractivity contribution in [2.45, 2.75) is 25.4 Å². The van der Waals surface area contributed by atoms with Crippen LogP contribution >= 0.6 is 0 Å². The van der Waals surface area contributed by atoms with E-state index in [1.54, 1.807) is 6.07 Å². The van der Waals surface area contributed by atoms with E-state index in [1.165, 1.54) is 6.07 Å². The molecule has 0 saturated carbocycles. The highest BCUT2D eigenvalue weighted by atomic mass is 19.1. The average Bonchev–Trinajstić information content (AvgIpc) is 2.26. The van der Waals surface area contributed by atoms with Crippen molar-refractivity contribution in [2.75, 3.05) is 20.1 Å². The van der Waals surface area contributed by atoms with Crippen LogP contribution in [0.3, 0.4) is 0 Å². The predicted octanol–water partition coefficient (Wildman–Crippen LogP) is 1.80. The molecule has 1 aromatic rings. The van der Waals surface area contributed by atoms with E-state index in [2.05, 4.69) is 17.1 Å². The summed E-state index contributed by atoms with van der Waals surface area (Å²) in [6.45, 7) is 4.01. The number of hydrogen-bond donors (Lipinski definition) is 1. The quantitative estimate of drug-likeness (QED) is 0.848. The van der Waals surface area contributed by atoms with Gasteiger partial charge in [-0.05, 0) is 32.0 Å². The van der Waals surface area contributed by atoms with Crippen molar-refractivity contribution < 1.29 is 8.78 Å². The number of nitrogens with one attached hydrogen (secondary N) is 1. The zero-order valence-electron chi connectivity index (χ0n) is 10.2. The van der Waals surface area contributed by atoms with Gasteiger partial charge in [0.1, 0.15) is 11.6 Å². The normalized spacial score (nSPS) is 26.1. The average molecular weight is 240 g/mol. The predicted molar refractivity (Wildman–Crippen MR) is 63.9 cm³/mol. The van der Waals surface area contributed by atoms with Gasteiger partial charge in [0, 0.05) is 31.2 Å². The van der Waals surface area contributed by atoms with Crippen molar-refractivity contribution in [1.82, 2.24) is 10.2 Å². The molecule has 2 rings (SSSR count). The minimum Gasteiger partial charge on any atom is -0.311 e. The molecular weight excluding hydrogens is 222 g/mol. The zero-order chi connectivity index (χ0) is 12.4. The Bertz CT molecular complexity index is 385. The number of likely N-dealkylation sites (N-methyl/N-ethyl adjacent to an activating group) is 1. The maximum Gasteiger partial charge on any atom is 0.129 e. The topological polar surface area (TPSA) is 15.3 Å². The lowest BCUT2D eigenvalue weighted by Gasteiger charge is -2.38. The van der Waals surface area contributed by atoms with Crippen LogP contribution in [0.25, 0.3) is 0 Å². The van der Waals surface area contributed by atoms with Crippen molar-refractivity contribution in [3.63, 3.8) is 0 Å². The molecule has 1 saturated heterocycles. The van der Waals surface area contributed by atoms with Crippen LogP contribution < -0.4 is 5.32 Å². The van der Waals surface area contributed by atoms with Gasteiger partial charge in [0.2, 0.25) is 0 Å². The Kier molecular flexibility index (Phi) is 3.74. The third-order valence-corrected chi connectivity index (χ3v) is 3.52. The summed E-state index contributed by atoms with van der Waals surface area (Å²) in [4.78, 5) is 2.23. The first-order chi connectivity index (χ1) is 8.08. The van der Waals surface area contributed by atoms with Gasteiger partial charge >= 0.3 is 0 Å². The standard InChI is InChI=1S/C13H18F2N2/c1-9-13(17(2)6-5-16-9)7-10-3-4-11(14)8-12(10)15/h3-4,8-9,13,16H,5-7H2,1-2H3. The highest BCUT2D eigenvalue weighted by Crippen LogP contribution is 2.17. The van der Waals surface area contributed by atoms with Crippen molar-refractivity contribution in [3.8, 4) is 0 Å². The second-order valence-corrected chi connectivity index (χ2v) is 4.73. The number of nitrogens with zero attached hydrogens (tertiary/aromatic N) is 1. The Balaban J connectivity index is 2.13. The first kappa shape index (κ1) is 12.5. The molecule has 0 spiro atoms. The maximum absolute atomic E-state index is 13.6. The van der Waals surface area contributed by atoms with Gasteiger partial charge in [-0.2, -0.15) is 0 Å². The molecule has 4 heteroatoms. The fourth-order valence-electron chi connectivity index (χ4n) is 2.40. The van der Waals surface area contributed by atoms with Crippen molar-refractivity contribution in [1.29, 1.82) is 0 Å². The Morgan fingerprint density at radius 3 is 2.82 bits per heavy atom. The Morgan fingerprint density at radius 2 is 2.18 bits per heavy atom. The second kappa shape index (κ2) is 5.10. The lowest BCUT2D eigenvalue weighted by molar-refractivity contribution is 0.156. The molecule has 94 valence electrons. The van der Waals surface area contributed by atoms with E-state index in [0.717, 1.165) is 19.2 Å². The number of benzene rings is 1. The van der Waals surface area contributed by atoms with E-state index in [-0.39, 0.29) is 6.04 Å². The van der Waals surface area contributed by atoms with E-state index in [9.17, 15) is 8.78 Å². The van der Waals surface area contributed by atoms with Crippen molar-refractivity contribution >= 4 is 0 Å². The van der Waals surface area contributed by atoms with Crippen LogP contribution in [0.15, 0.2) is 18.2 Å². The van der Waals surface area contributed by atoms with Crippen molar-refractivity contribution in [3.05, 3.63) is 35.4 Å². The molecule has 0 aromatic heterocycles. The third-order valence-electron chi connectivity index (χ3n) is 3.52. The van der Waals surface area contributed by atoms with Crippen LogP contribution in [-0.4, -0.2) is 37.1 Å². The van der Waals surface area contributed by atoms with Gasteiger partial charge in [-0.15, -0.1) is 0 Å². The number of piperazine rings is 1. The van der Waals surface area contributed by atoms with Gasteiger partial charge < -0.3 is 10.2 Å². The van der Waals surface area contributed by atoms with Gasteiger partial charge in [0.15, 0.2) is 0 Å². The molecule has 2 nitrogen and oxygen atoms in total. The third kappa shape index (κ3) is 2.82. The summed E-state index contributed by atoms with van der Waals surface area (Å²) in [5.41, 5.74) is 0.582. The minimum absolute atomic E-state index is 0.253. The molecule has 1 heterocycles. The summed E-state index contributed by atoms with van der Waals surface area (Å²) in [7, 11) is 2.05. The molecule has 0 bridgehead atoms. The number of hydrogen-bond acceptors (Lipinski definition) is 2. The fourth-order valence-corrected chi connectivity index (χ4v) is 2.40. The molecule has 1 aromatic carbocycles. The summed E-state index contributed by atoms with van der Waals surface area (Å²) in [6.07, 6.45) is 0.608. The first-order valence-electron chi connectivity index (χ1n) is 5.95. The lowest BCUT2D eigenvalue weighted by atomic mass is 9.97. The smallest absolute Gasteiger partial charge is 0.129 e. The number of halogens is 2. The van der Waals surface area contributed by atoms with Gasteiger partial charge in [-0.3, -0.25) is 0 Å². The second-order valence-electron chi connectivity index (χ2n) is 4.73. The highest BCUT2D eigenvalue weighted by Gasteiger charge is 2.26. The van der Waals surface area contributed by atoms with Crippen LogP contribution in [0.1, 0.15) is 12.5 Å². The summed E-state index contributed by atoms with van der Waals surface area (Å²) in [5, 5.41) is 3.38. The first-order valence-corrected chi connectivity index (χ1v) is 5.95. The maximum atomic E-state index is 13.6. The summed E-state index contributed by atoms with van der Waals surface area (Å²) >= 11 is 0. The molecule has 1 fully saturated rings. The molecule has 0 radical (unpaired) electrons. The van der Waals surface area contributed by atoms with Crippen molar-refractivity contribution in [2.24, 2.45) is 0 Å². The fraction of sp³-hybridized carbons (Fsp3) is 0.538.